The summed E-state index contributed by atoms with van der Waals surface area (Å²) < 4.78 is 11.2. The largest absolute Gasteiger partial charge is 0.493 e. The first-order valence-electron chi connectivity index (χ1n) is 9.66. The molecule has 2 aromatic carbocycles. The third-order valence-corrected chi connectivity index (χ3v) is 5.81. The number of ether oxygens (including phenoxy) is 2. The van der Waals surface area contributed by atoms with Crippen molar-refractivity contribution < 1.29 is 9.47 Å². The second kappa shape index (κ2) is 8.10. The van der Waals surface area contributed by atoms with Gasteiger partial charge in [0, 0.05) is 11.3 Å². The SMILES string of the molecule is COc1ccc(-c2cc(-c3ccc4c(c3)CCCC4)[nH]c(=S)c2C#N)cc1OC. The molecule has 0 atom stereocenters. The number of aromatic amines is 1. The van der Waals surface area contributed by atoms with Gasteiger partial charge in [0.1, 0.15) is 10.7 Å². The van der Waals surface area contributed by atoms with Crippen molar-refractivity contribution in [2.45, 2.75) is 25.7 Å². The molecule has 1 N–H and O–H groups in total. The molecule has 0 unspecified atom stereocenters. The third kappa shape index (κ3) is 3.64. The van der Waals surface area contributed by atoms with Gasteiger partial charge in [-0.15, -0.1) is 0 Å². The minimum Gasteiger partial charge on any atom is -0.493 e. The average molecular weight is 403 g/mol. The van der Waals surface area contributed by atoms with Gasteiger partial charge in [-0.2, -0.15) is 5.26 Å². The minimum atomic E-state index is 0.438. The number of benzene rings is 2. The Labute approximate surface area is 175 Å². The van der Waals surface area contributed by atoms with E-state index in [1.807, 2.05) is 24.3 Å². The fourth-order valence-electron chi connectivity index (χ4n) is 3.96. The van der Waals surface area contributed by atoms with Gasteiger partial charge in [-0.1, -0.05) is 30.4 Å². The fourth-order valence-corrected chi connectivity index (χ4v) is 4.22. The lowest BCUT2D eigenvalue weighted by molar-refractivity contribution is 0.355. The predicted octanol–water partition coefficient (Wildman–Crippen LogP) is 5.85. The number of H-pyrrole nitrogens is 1. The summed E-state index contributed by atoms with van der Waals surface area (Å²) in [5.41, 5.74) is 6.94. The van der Waals surface area contributed by atoms with Gasteiger partial charge in [-0.05, 0) is 72.2 Å². The van der Waals surface area contributed by atoms with E-state index in [1.54, 1.807) is 14.2 Å². The van der Waals surface area contributed by atoms with Gasteiger partial charge in [-0.25, -0.2) is 0 Å². The fraction of sp³-hybridized carbons (Fsp3) is 0.250. The summed E-state index contributed by atoms with van der Waals surface area (Å²) in [4.78, 5) is 3.25. The van der Waals surface area contributed by atoms with E-state index < -0.39 is 0 Å². The number of nitrogens with one attached hydrogen (secondary N) is 1. The van der Waals surface area contributed by atoms with E-state index in [-0.39, 0.29) is 0 Å². The molecule has 0 fully saturated rings. The quantitative estimate of drug-likeness (QED) is 0.557. The van der Waals surface area contributed by atoms with Gasteiger partial charge in [0.05, 0.1) is 19.8 Å². The number of pyridine rings is 1. The summed E-state index contributed by atoms with van der Waals surface area (Å²) >= 11 is 5.52. The molecule has 4 nitrogen and oxygen atoms in total. The number of methoxy groups -OCH3 is 2. The third-order valence-electron chi connectivity index (χ3n) is 5.50. The maximum Gasteiger partial charge on any atom is 0.161 e. The summed E-state index contributed by atoms with van der Waals surface area (Å²) in [6, 6.07) is 16.5. The molecule has 0 radical (unpaired) electrons. The monoisotopic (exact) mass is 402 g/mol. The number of fused-ring (bicyclic) bond motifs is 1. The highest BCUT2D eigenvalue weighted by molar-refractivity contribution is 7.71. The van der Waals surface area contributed by atoms with Crippen LogP contribution in [0, 0.1) is 16.0 Å². The molecule has 1 aliphatic carbocycles. The van der Waals surface area contributed by atoms with Crippen molar-refractivity contribution in [2.24, 2.45) is 0 Å². The second-order valence-electron chi connectivity index (χ2n) is 7.17. The van der Waals surface area contributed by atoms with E-state index in [1.165, 1.54) is 24.0 Å². The summed E-state index contributed by atoms with van der Waals surface area (Å²) in [6.45, 7) is 0. The van der Waals surface area contributed by atoms with Crippen molar-refractivity contribution >= 4 is 12.2 Å². The molecule has 4 rings (SSSR count). The zero-order valence-electron chi connectivity index (χ0n) is 16.5. The first kappa shape index (κ1) is 19.2. The van der Waals surface area contributed by atoms with Crippen LogP contribution in [0.2, 0.25) is 0 Å². The van der Waals surface area contributed by atoms with Crippen LogP contribution in [0.5, 0.6) is 11.5 Å². The smallest absolute Gasteiger partial charge is 0.161 e. The molecule has 3 aromatic rings. The van der Waals surface area contributed by atoms with Gasteiger partial charge in [-0.3, -0.25) is 0 Å². The molecule has 0 spiro atoms. The van der Waals surface area contributed by atoms with Crippen molar-refractivity contribution in [1.82, 2.24) is 4.98 Å². The first-order valence-corrected chi connectivity index (χ1v) is 10.1. The van der Waals surface area contributed by atoms with Gasteiger partial charge < -0.3 is 14.5 Å². The normalized spacial score (nSPS) is 12.7. The number of aryl methyl sites for hydroxylation is 2. The van der Waals surface area contributed by atoms with Crippen LogP contribution in [0.4, 0.5) is 0 Å². The highest BCUT2D eigenvalue weighted by Gasteiger charge is 2.15. The molecule has 29 heavy (non-hydrogen) atoms. The second-order valence-corrected chi connectivity index (χ2v) is 7.58. The molecule has 5 heteroatoms. The van der Waals surface area contributed by atoms with Gasteiger partial charge in [0.25, 0.3) is 0 Å². The molecule has 0 amide bonds. The van der Waals surface area contributed by atoms with Crippen molar-refractivity contribution in [3.63, 3.8) is 0 Å². The van der Waals surface area contributed by atoms with Crippen molar-refractivity contribution in [3.05, 3.63) is 63.8 Å². The molecule has 1 heterocycles. The van der Waals surface area contributed by atoms with Gasteiger partial charge >= 0.3 is 0 Å². The number of rotatable bonds is 4. The highest BCUT2D eigenvalue weighted by atomic mass is 32.1. The molecule has 0 saturated carbocycles. The Morgan fingerprint density at radius 2 is 1.62 bits per heavy atom. The Morgan fingerprint density at radius 1 is 0.897 bits per heavy atom. The number of hydrogen-bond acceptors (Lipinski definition) is 4. The minimum absolute atomic E-state index is 0.438. The Kier molecular flexibility index (Phi) is 5.37. The number of nitrogens with zero attached hydrogens (tertiary/aromatic N) is 1. The van der Waals surface area contributed by atoms with E-state index in [0.717, 1.165) is 35.2 Å². The molecule has 0 saturated heterocycles. The maximum atomic E-state index is 9.71. The first-order chi connectivity index (χ1) is 14.1. The predicted molar refractivity (Wildman–Crippen MR) is 117 cm³/mol. The Hall–Kier alpha value is -3.10. The van der Waals surface area contributed by atoms with Crippen molar-refractivity contribution in [1.29, 1.82) is 5.26 Å². The van der Waals surface area contributed by atoms with Crippen LogP contribution in [0.15, 0.2) is 42.5 Å². The van der Waals surface area contributed by atoms with Crippen LogP contribution in [-0.4, -0.2) is 19.2 Å². The summed E-state index contributed by atoms with van der Waals surface area (Å²) in [7, 11) is 3.20. The molecular weight excluding hydrogens is 380 g/mol. The van der Waals surface area contributed by atoms with E-state index in [9.17, 15) is 5.26 Å². The Bertz CT molecular complexity index is 1170. The van der Waals surface area contributed by atoms with Gasteiger partial charge in [0.15, 0.2) is 11.5 Å². The van der Waals surface area contributed by atoms with Gasteiger partial charge in [0.2, 0.25) is 0 Å². The van der Waals surface area contributed by atoms with E-state index in [2.05, 4.69) is 29.3 Å². The summed E-state index contributed by atoms with van der Waals surface area (Å²) in [5, 5.41) is 9.71. The average Bonchev–Trinajstić information content (AvgIpc) is 2.77. The van der Waals surface area contributed by atoms with E-state index in [4.69, 9.17) is 21.7 Å². The zero-order chi connectivity index (χ0) is 20.4. The van der Waals surface area contributed by atoms with Crippen molar-refractivity contribution in [2.75, 3.05) is 14.2 Å². The molecule has 1 aliphatic rings. The van der Waals surface area contributed by atoms with Crippen LogP contribution in [0.3, 0.4) is 0 Å². The molecule has 0 bridgehead atoms. The zero-order valence-corrected chi connectivity index (χ0v) is 17.4. The lowest BCUT2D eigenvalue weighted by atomic mass is 9.89. The lowest BCUT2D eigenvalue weighted by Gasteiger charge is -2.17. The topological polar surface area (TPSA) is 58.0 Å². The van der Waals surface area contributed by atoms with Crippen molar-refractivity contribution in [3.8, 4) is 40.0 Å². The lowest BCUT2D eigenvalue weighted by Crippen LogP contribution is -2.02. The van der Waals surface area contributed by atoms with Crippen LogP contribution in [-0.2, 0) is 12.8 Å². The highest BCUT2D eigenvalue weighted by Crippen LogP contribution is 2.36. The number of aromatic nitrogens is 1. The van der Waals surface area contributed by atoms with Crippen LogP contribution in [0.25, 0.3) is 22.4 Å². The summed E-state index contributed by atoms with van der Waals surface area (Å²) in [6.07, 6.45) is 4.75. The van der Waals surface area contributed by atoms with Crippen LogP contribution in [0.1, 0.15) is 29.5 Å². The maximum absolute atomic E-state index is 9.71. The number of nitriles is 1. The number of hydrogen-bond donors (Lipinski definition) is 1. The van der Waals surface area contributed by atoms with E-state index >= 15 is 0 Å². The molecular formula is C24H22N2O2S. The van der Waals surface area contributed by atoms with E-state index in [0.29, 0.717) is 21.7 Å². The summed E-state index contributed by atoms with van der Waals surface area (Å²) in [5.74, 6) is 1.26. The Morgan fingerprint density at radius 3 is 2.34 bits per heavy atom. The molecule has 146 valence electrons. The Balaban J connectivity index is 1.87. The van der Waals surface area contributed by atoms with Crippen LogP contribution < -0.4 is 9.47 Å². The standard InChI is InChI=1S/C24H22N2O2S/c1-27-22-10-9-17(12-23(22)28-2)19-13-21(26-24(29)20(19)14-25)18-8-7-15-5-3-4-6-16(15)11-18/h7-13H,3-6H2,1-2H3,(H,26,29). The molecule has 1 aromatic heterocycles. The van der Waals surface area contributed by atoms with Crippen LogP contribution >= 0.6 is 12.2 Å². The molecule has 0 aliphatic heterocycles.